The molecular weight excluding hydrogens is 368 g/mol. The van der Waals surface area contributed by atoms with Crippen LogP contribution in [0.15, 0.2) is 54.7 Å². The van der Waals surface area contributed by atoms with Gasteiger partial charge in [0.25, 0.3) is 5.91 Å². The summed E-state index contributed by atoms with van der Waals surface area (Å²) in [5.41, 5.74) is 0.180. The quantitative estimate of drug-likeness (QED) is 0.707. The first-order chi connectivity index (χ1) is 13.5. The summed E-state index contributed by atoms with van der Waals surface area (Å²) in [5.74, 6) is -3.04. The maximum atomic E-state index is 13.7. The Morgan fingerprint density at radius 1 is 1.07 bits per heavy atom. The zero-order valence-corrected chi connectivity index (χ0v) is 15.0. The van der Waals surface area contributed by atoms with Crippen LogP contribution in [0.5, 0.6) is 0 Å². The van der Waals surface area contributed by atoms with Crippen LogP contribution in [0, 0.1) is 11.6 Å². The van der Waals surface area contributed by atoms with E-state index in [1.54, 1.807) is 19.1 Å². The topological polar surface area (TPSA) is 80.1 Å². The van der Waals surface area contributed by atoms with Crippen molar-refractivity contribution in [2.75, 3.05) is 18.4 Å². The third kappa shape index (κ3) is 4.20. The van der Waals surface area contributed by atoms with E-state index in [-0.39, 0.29) is 18.8 Å². The molecule has 1 aromatic heterocycles. The lowest BCUT2D eigenvalue weighted by Crippen LogP contribution is -2.38. The van der Waals surface area contributed by atoms with Crippen molar-refractivity contribution in [1.29, 1.82) is 0 Å². The molecule has 3 rings (SSSR count). The van der Waals surface area contributed by atoms with Crippen LogP contribution >= 0.6 is 0 Å². The molecule has 0 fully saturated rings. The van der Waals surface area contributed by atoms with Crippen molar-refractivity contribution in [3.05, 3.63) is 72.1 Å². The van der Waals surface area contributed by atoms with Crippen molar-refractivity contribution in [1.82, 2.24) is 19.9 Å². The van der Waals surface area contributed by atoms with E-state index in [1.807, 2.05) is 18.2 Å². The molecule has 2 aromatic carbocycles. The Balaban J connectivity index is 1.70. The minimum atomic E-state index is -0.895. The second kappa shape index (κ2) is 8.38. The number of rotatable bonds is 6. The molecule has 0 atom stereocenters. The van der Waals surface area contributed by atoms with Crippen LogP contribution in [0.4, 0.5) is 14.5 Å². The predicted molar refractivity (Wildman–Crippen MR) is 97.9 cm³/mol. The second-order valence-corrected chi connectivity index (χ2v) is 5.82. The Bertz CT molecular complexity index is 971. The molecule has 0 saturated heterocycles. The number of carbonyl (C=O) groups excluding carboxylic acids is 2. The van der Waals surface area contributed by atoms with Crippen molar-refractivity contribution in [2.24, 2.45) is 0 Å². The number of benzene rings is 2. The monoisotopic (exact) mass is 385 g/mol. The van der Waals surface area contributed by atoms with Crippen molar-refractivity contribution in [3.8, 4) is 5.69 Å². The van der Waals surface area contributed by atoms with Gasteiger partial charge in [-0.3, -0.25) is 9.59 Å². The van der Waals surface area contributed by atoms with Gasteiger partial charge in [-0.05, 0) is 31.2 Å². The SMILES string of the molecule is CCN(CC(=O)Nc1c(F)cccc1F)C(=O)c1cnn(-c2ccccc2)n1. The summed E-state index contributed by atoms with van der Waals surface area (Å²) in [6.07, 6.45) is 1.30. The van der Waals surface area contributed by atoms with Crippen LogP contribution in [-0.2, 0) is 4.79 Å². The minimum Gasteiger partial charge on any atom is -0.328 e. The van der Waals surface area contributed by atoms with Crippen molar-refractivity contribution >= 4 is 17.5 Å². The molecule has 9 heteroatoms. The van der Waals surface area contributed by atoms with Gasteiger partial charge in [0.05, 0.1) is 11.9 Å². The van der Waals surface area contributed by atoms with E-state index >= 15 is 0 Å². The molecule has 2 amide bonds. The number of amides is 2. The number of halogens is 2. The molecule has 0 saturated carbocycles. The lowest BCUT2D eigenvalue weighted by Gasteiger charge is -2.19. The zero-order chi connectivity index (χ0) is 20.1. The average Bonchev–Trinajstić information content (AvgIpc) is 3.19. The highest BCUT2D eigenvalue weighted by atomic mass is 19.1. The molecule has 0 spiro atoms. The third-order valence-corrected chi connectivity index (χ3v) is 3.93. The Morgan fingerprint density at radius 2 is 1.75 bits per heavy atom. The van der Waals surface area contributed by atoms with Crippen LogP contribution in [-0.4, -0.2) is 44.8 Å². The lowest BCUT2D eigenvalue weighted by molar-refractivity contribution is -0.116. The molecule has 0 aliphatic carbocycles. The van der Waals surface area contributed by atoms with E-state index in [0.717, 1.165) is 12.1 Å². The molecule has 1 heterocycles. The standard InChI is InChI=1S/C19H17F2N5O2/c1-2-25(12-17(27)23-18-14(20)9-6-10-15(18)21)19(28)16-11-22-26(24-16)13-7-4-3-5-8-13/h3-11H,2,12H2,1H3,(H,23,27). The number of para-hydroxylation sites is 2. The number of hydrogen-bond acceptors (Lipinski definition) is 4. The van der Waals surface area contributed by atoms with E-state index in [2.05, 4.69) is 15.5 Å². The summed E-state index contributed by atoms with van der Waals surface area (Å²) in [5, 5.41) is 10.3. The van der Waals surface area contributed by atoms with Gasteiger partial charge in [0, 0.05) is 6.54 Å². The number of anilines is 1. The fourth-order valence-corrected chi connectivity index (χ4v) is 2.51. The molecule has 3 aromatic rings. The number of carbonyl (C=O) groups is 2. The zero-order valence-electron chi connectivity index (χ0n) is 15.0. The highest BCUT2D eigenvalue weighted by Gasteiger charge is 2.21. The molecule has 0 aliphatic heterocycles. The average molecular weight is 385 g/mol. The lowest BCUT2D eigenvalue weighted by atomic mass is 10.3. The fraction of sp³-hybridized carbons (Fsp3) is 0.158. The van der Waals surface area contributed by atoms with Crippen LogP contribution < -0.4 is 5.32 Å². The van der Waals surface area contributed by atoms with Gasteiger partial charge in [-0.25, -0.2) is 8.78 Å². The van der Waals surface area contributed by atoms with Gasteiger partial charge < -0.3 is 10.2 Å². The van der Waals surface area contributed by atoms with E-state index in [4.69, 9.17) is 0 Å². The fourth-order valence-electron chi connectivity index (χ4n) is 2.51. The number of likely N-dealkylation sites (N-methyl/N-ethyl adjacent to an activating group) is 1. The summed E-state index contributed by atoms with van der Waals surface area (Å²) in [7, 11) is 0. The summed E-state index contributed by atoms with van der Waals surface area (Å²) >= 11 is 0. The van der Waals surface area contributed by atoms with Gasteiger partial charge in [0.2, 0.25) is 5.91 Å². The van der Waals surface area contributed by atoms with Gasteiger partial charge in [-0.1, -0.05) is 24.3 Å². The van der Waals surface area contributed by atoms with E-state index in [9.17, 15) is 18.4 Å². The van der Waals surface area contributed by atoms with E-state index < -0.39 is 29.1 Å². The van der Waals surface area contributed by atoms with E-state index in [0.29, 0.717) is 5.69 Å². The Kier molecular flexibility index (Phi) is 5.73. The van der Waals surface area contributed by atoms with Gasteiger partial charge in [0.15, 0.2) is 5.69 Å². The summed E-state index contributed by atoms with van der Waals surface area (Å²) < 4.78 is 27.3. The Hall–Kier alpha value is -3.62. The predicted octanol–water partition coefficient (Wildman–Crippen LogP) is 2.65. The normalized spacial score (nSPS) is 10.5. The smallest absolute Gasteiger partial charge is 0.276 e. The van der Waals surface area contributed by atoms with Gasteiger partial charge in [-0.15, -0.1) is 5.10 Å². The first-order valence-corrected chi connectivity index (χ1v) is 8.50. The van der Waals surface area contributed by atoms with Crippen molar-refractivity contribution < 1.29 is 18.4 Å². The molecule has 0 unspecified atom stereocenters. The van der Waals surface area contributed by atoms with Crippen molar-refractivity contribution in [2.45, 2.75) is 6.92 Å². The molecule has 0 bridgehead atoms. The minimum absolute atomic E-state index is 0.0515. The van der Waals surface area contributed by atoms with Crippen LogP contribution in [0.2, 0.25) is 0 Å². The third-order valence-electron chi connectivity index (χ3n) is 3.93. The van der Waals surface area contributed by atoms with Crippen LogP contribution in [0.1, 0.15) is 17.4 Å². The maximum absolute atomic E-state index is 13.7. The van der Waals surface area contributed by atoms with Crippen LogP contribution in [0.25, 0.3) is 5.69 Å². The first kappa shape index (κ1) is 19.2. The maximum Gasteiger partial charge on any atom is 0.276 e. The highest BCUT2D eigenvalue weighted by Crippen LogP contribution is 2.18. The molecule has 0 aliphatic rings. The number of hydrogen-bond donors (Lipinski definition) is 1. The number of aromatic nitrogens is 3. The van der Waals surface area contributed by atoms with Crippen LogP contribution in [0.3, 0.4) is 0 Å². The van der Waals surface area contributed by atoms with Gasteiger partial charge in [-0.2, -0.15) is 9.90 Å². The number of nitrogens with zero attached hydrogens (tertiary/aromatic N) is 4. The molecular formula is C19H17F2N5O2. The molecule has 144 valence electrons. The Morgan fingerprint density at radius 3 is 2.39 bits per heavy atom. The largest absolute Gasteiger partial charge is 0.328 e. The van der Waals surface area contributed by atoms with Gasteiger partial charge in [0.1, 0.15) is 23.9 Å². The summed E-state index contributed by atoms with van der Waals surface area (Å²) in [4.78, 5) is 27.3. The van der Waals surface area contributed by atoms with Crippen molar-refractivity contribution in [3.63, 3.8) is 0 Å². The molecule has 28 heavy (non-hydrogen) atoms. The van der Waals surface area contributed by atoms with E-state index in [1.165, 1.54) is 22.0 Å². The summed E-state index contributed by atoms with van der Waals surface area (Å²) in [6, 6.07) is 12.3. The second-order valence-electron chi connectivity index (χ2n) is 5.82. The summed E-state index contributed by atoms with van der Waals surface area (Å²) in [6.45, 7) is 1.49. The van der Waals surface area contributed by atoms with Gasteiger partial charge >= 0.3 is 0 Å². The molecule has 7 nitrogen and oxygen atoms in total. The Labute approximate surface area is 159 Å². The number of nitrogens with one attached hydrogen (secondary N) is 1. The molecule has 0 radical (unpaired) electrons. The first-order valence-electron chi connectivity index (χ1n) is 8.50. The molecule has 1 N–H and O–H groups in total. The highest BCUT2D eigenvalue weighted by molar-refractivity contribution is 5.98.